The van der Waals surface area contributed by atoms with Crippen LogP contribution in [0.2, 0.25) is 0 Å². The Bertz CT molecular complexity index is 1540. The first kappa shape index (κ1) is 24.2. The zero-order chi connectivity index (χ0) is 25.7. The molecule has 0 radical (unpaired) electrons. The van der Waals surface area contributed by atoms with Gasteiger partial charge < -0.3 is 14.8 Å². The molecule has 4 rings (SSSR count). The summed E-state index contributed by atoms with van der Waals surface area (Å²) < 4.78 is 14.2. The number of amides is 1. The van der Waals surface area contributed by atoms with Crippen molar-refractivity contribution in [3.8, 4) is 17.2 Å². The van der Waals surface area contributed by atoms with Gasteiger partial charge in [-0.25, -0.2) is 9.67 Å². The zero-order valence-corrected chi connectivity index (χ0v) is 20.1. The molecular weight excluding hydrogens is 458 g/mol. The molecule has 3 aromatic heterocycles. The Labute approximate surface area is 207 Å². The number of allylic oxidation sites excluding steroid dienone is 5. The number of pyridine rings is 2. The smallest absolute Gasteiger partial charge is 0.283 e. The van der Waals surface area contributed by atoms with E-state index in [0.717, 1.165) is 10.9 Å². The first-order valence-electron chi connectivity index (χ1n) is 11.0. The molecule has 0 bridgehead atoms. The third-order valence-electron chi connectivity index (χ3n) is 5.33. The number of hydrogen-bond donors (Lipinski definition) is 1. The van der Waals surface area contributed by atoms with Gasteiger partial charge in [-0.15, -0.1) is 0 Å². The van der Waals surface area contributed by atoms with Crippen LogP contribution in [0.25, 0.3) is 16.6 Å². The average molecular weight is 484 g/mol. The first-order chi connectivity index (χ1) is 17.4. The van der Waals surface area contributed by atoms with Gasteiger partial charge >= 0.3 is 0 Å². The number of methoxy groups -OCH3 is 1. The number of nitrogens with zero attached hydrogens (tertiary/aromatic N) is 4. The van der Waals surface area contributed by atoms with Gasteiger partial charge in [0.05, 0.1) is 18.8 Å². The molecule has 0 saturated heterocycles. The Kier molecular flexibility index (Phi) is 7.10. The summed E-state index contributed by atoms with van der Waals surface area (Å²) >= 11 is 0. The normalized spacial score (nSPS) is 11.6. The van der Waals surface area contributed by atoms with Gasteiger partial charge in [-0.1, -0.05) is 24.8 Å². The van der Waals surface area contributed by atoms with Crippen LogP contribution in [0.15, 0.2) is 90.7 Å². The van der Waals surface area contributed by atoms with Crippen molar-refractivity contribution >= 4 is 28.3 Å². The van der Waals surface area contributed by atoms with Gasteiger partial charge in [0.25, 0.3) is 11.5 Å². The minimum absolute atomic E-state index is 0.00115. The summed E-state index contributed by atoms with van der Waals surface area (Å²) in [7, 11) is 3.29. The maximum Gasteiger partial charge on any atom is 0.283 e. The quantitative estimate of drug-likeness (QED) is 0.362. The van der Waals surface area contributed by atoms with E-state index in [9.17, 15) is 9.59 Å². The molecule has 9 heteroatoms. The number of hydrogen-bond acceptors (Lipinski definition) is 6. The number of aryl methyl sites for hydroxylation is 1. The maximum atomic E-state index is 12.8. The molecule has 0 spiro atoms. The van der Waals surface area contributed by atoms with Gasteiger partial charge in [0, 0.05) is 36.6 Å². The van der Waals surface area contributed by atoms with Gasteiger partial charge in [-0.2, -0.15) is 0 Å². The fourth-order valence-electron chi connectivity index (χ4n) is 3.61. The summed E-state index contributed by atoms with van der Waals surface area (Å²) in [5, 5.41) is 3.48. The van der Waals surface area contributed by atoms with Crippen molar-refractivity contribution < 1.29 is 14.3 Å². The minimum Gasteiger partial charge on any atom is -0.497 e. The van der Waals surface area contributed by atoms with Crippen LogP contribution in [0.1, 0.15) is 17.3 Å². The molecule has 0 atom stereocenters. The Morgan fingerprint density at radius 1 is 1.11 bits per heavy atom. The van der Waals surface area contributed by atoms with Gasteiger partial charge in [-0.3, -0.25) is 19.3 Å². The summed E-state index contributed by atoms with van der Waals surface area (Å²) in [4.78, 5) is 34.2. The predicted molar refractivity (Wildman–Crippen MR) is 140 cm³/mol. The van der Waals surface area contributed by atoms with Crippen LogP contribution in [0.5, 0.6) is 17.2 Å². The Morgan fingerprint density at radius 2 is 1.92 bits per heavy atom. The van der Waals surface area contributed by atoms with Crippen molar-refractivity contribution in [2.75, 3.05) is 12.4 Å². The lowest BCUT2D eigenvalue weighted by atomic mass is 10.2. The number of rotatable bonds is 8. The van der Waals surface area contributed by atoms with E-state index in [0.29, 0.717) is 22.9 Å². The molecule has 36 heavy (non-hydrogen) atoms. The average Bonchev–Trinajstić information content (AvgIpc) is 3.19. The van der Waals surface area contributed by atoms with Crippen molar-refractivity contribution in [3.05, 3.63) is 102 Å². The van der Waals surface area contributed by atoms with E-state index in [1.807, 2.05) is 18.2 Å². The molecule has 182 valence electrons. The van der Waals surface area contributed by atoms with E-state index < -0.39 is 11.5 Å². The summed E-state index contributed by atoms with van der Waals surface area (Å²) in [6.45, 7) is 5.39. The molecule has 1 aromatic carbocycles. The van der Waals surface area contributed by atoms with Gasteiger partial charge in [0.1, 0.15) is 28.6 Å². The van der Waals surface area contributed by atoms with Gasteiger partial charge in [0.2, 0.25) is 0 Å². The standard InChI is InChI=1S/C27H25N5O4/c1-5-6-7-8-18(2)32-27(34)22(17-31(32)3)26(33)30-25-12-10-20(16-29-25)36-24-13-14-28-23-15-19(35-4)9-11-21(23)24/h5-17H,1H2,2-4H3,(H,29,30,33)/b7-6-,18-8+. The Hall–Kier alpha value is -4.92. The number of aromatic nitrogens is 4. The van der Waals surface area contributed by atoms with Gasteiger partial charge in [0.15, 0.2) is 0 Å². The second-order valence-electron chi connectivity index (χ2n) is 7.79. The van der Waals surface area contributed by atoms with E-state index in [1.165, 1.54) is 17.1 Å². The van der Waals surface area contributed by atoms with E-state index in [4.69, 9.17) is 9.47 Å². The monoisotopic (exact) mass is 483 g/mol. The van der Waals surface area contributed by atoms with E-state index >= 15 is 0 Å². The van der Waals surface area contributed by atoms with Crippen LogP contribution in [-0.2, 0) is 7.05 Å². The van der Waals surface area contributed by atoms with Crippen LogP contribution >= 0.6 is 0 Å². The van der Waals surface area contributed by atoms with Crippen molar-refractivity contribution in [3.63, 3.8) is 0 Å². The predicted octanol–water partition coefficient (Wildman–Crippen LogP) is 4.79. The molecule has 1 N–H and O–H groups in total. The van der Waals surface area contributed by atoms with E-state index in [1.54, 1.807) is 74.5 Å². The summed E-state index contributed by atoms with van der Waals surface area (Å²) in [6, 6.07) is 10.6. The third-order valence-corrected chi connectivity index (χ3v) is 5.33. The highest BCUT2D eigenvalue weighted by Gasteiger charge is 2.18. The van der Waals surface area contributed by atoms with Crippen molar-refractivity contribution in [2.45, 2.75) is 6.92 Å². The molecule has 3 heterocycles. The number of benzene rings is 1. The molecule has 9 nitrogen and oxygen atoms in total. The number of fused-ring (bicyclic) bond motifs is 1. The van der Waals surface area contributed by atoms with E-state index in [2.05, 4.69) is 21.9 Å². The summed E-state index contributed by atoms with van der Waals surface area (Å²) in [6.07, 6.45) is 11.5. The number of carbonyl (C=O) groups excluding carboxylic acids is 1. The van der Waals surface area contributed by atoms with Crippen LogP contribution in [0, 0.1) is 0 Å². The van der Waals surface area contributed by atoms with E-state index in [-0.39, 0.29) is 11.4 Å². The largest absolute Gasteiger partial charge is 0.497 e. The highest BCUT2D eigenvalue weighted by Crippen LogP contribution is 2.30. The minimum atomic E-state index is -0.556. The van der Waals surface area contributed by atoms with Crippen LogP contribution in [-0.4, -0.2) is 32.3 Å². The fourth-order valence-corrected chi connectivity index (χ4v) is 3.61. The van der Waals surface area contributed by atoms with Crippen LogP contribution < -0.4 is 20.3 Å². The molecule has 0 aliphatic carbocycles. The lowest BCUT2D eigenvalue weighted by Gasteiger charge is -2.10. The second-order valence-corrected chi connectivity index (χ2v) is 7.79. The first-order valence-corrected chi connectivity index (χ1v) is 11.0. The summed E-state index contributed by atoms with van der Waals surface area (Å²) in [5.41, 5.74) is 0.955. The van der Waals surface area contributed by atoms with Crippen molar-refractivity contribution in [1.29, 1.82) is 0 Å². The fraction of sp³-hybridized carbons (Fsp3) is 0.111. The molecule has 4 aromatic rings. The lowest BCUT2D eigenvalue weighted by Crippen LogP contribution is -2.25. The molecule has 0 fully saturated rings. The lowest BCUT2D eigenvalue weighted by molar-refractivity contribution is 0.102. The molecule has 0 aliphatic heterocycles. The molecule has 0 saturated carbocycles. The highest BCUT2D eigenvalue weighted by atomic mass is 16.5. The Morgan fingerprint density at radius 3 is 2.64 bits per heavy atom. The number of ether oxygens (including phenoxy) is 2. The van der Waals surface area contributed by atoms with Gasteiger partial charge in [-0.05, 0) is 43.3 Å². The zero-order valence-electron chi connectivity index (χ0n) is 20.1. The topological polar surface area (TPSA) is 100 Å². The number of carbonyl (C=O) groups is 1. The Balaban J connectivity index is 1.50. The molecule has 1 amide bonds. The maximum absolute atomic E-state index is 12.8. The summed E-state index contributed by atoms with van der Waals surface area (Å²) in [5.74, 6) is 1.52. The van der Waals surface area contributed by atoms with Crippen LogP contribution in [0.4, 0.5) is 5.82 Å². The number of nitrogens with one attached hydrogen (secondary N) is 1. The molecule has 0 unspecified atom stereocenters. The molecular formula is C27H25N5O4. The van der Waals surface area contributed by atoms with Crippen molar-refractivity contribution in [1.82, 2.24) is 19.3 Å². The third kappa shape index (κ3) is 5.10. The highest BCUT2D eigenvalue weighted by molar-refractivity contribution is 6.03. The van der Waals surface area contributed by atoms with Crippen molar-refractivity contribution in [2.24, 2.45) is 7.05 Å². The second kappa shape index (κ2) is 10.6. The van der Waals surface area contributed by atoms with Crippen LogP contribution in [0.3, 0.4) is 0 Å². The number of anilines is 1. The SMILES string of the molecule is C=C/C=C\C=C(/C)n1c(=O)c(C(=O)Nc2ccc(Oc3ccnc4cc(OC)ccc34)cn2)cn1C. The molecule has 0 aliphatic rings.